The molecule has 0 bridgehead atoms. The lowest BCUT2D eigenvalue weighted by Crippen LogP contribution is -2.24. The minimum atomic E-state index is -3.37. The molecule has 2 aromatic rings. The first-order chi connectivity index (χ1) is 9.78. The molecule has 110 valence electrons. The number of nitrogens with zero attached hydrogens (tertiary/aromatic N) is 2. The Hall–Kier alpha value is -2.06. The van der Waals surface area contributed by atoms with Gasteiger partial charge in [-0.2, -0.15) is 5.26 Å². The molecule has 0 spiro atoms. The summed E-state index contributed by atoms with van der Waals surface area (Å²) < 4.78 is 26.3. The molecule has 1 heterocycles. The van der Waals surface area contributed by atoms with Crippen LogP contribution in [0.5, 0.6) is 0 Å². The van der Waals surface area contributed by atoms with Crippen LogP contribution in [0.1, 0.15) is 30.8 Å². The molecule has 0 aliphatic carbocycles. The topological polar surface area (TPSA) is 62.9 Å². The van der Waals surface area contributed by atoms with Crippen molar-refractivity contribution >= 4 is 10.0 Å². The molecule has 0 saturated carbocycles. The van der Waals surface area contributed by atoms with Gasteiger partial charge in [-0.3, -0.25) is 0 Å². The van der Waals surface area contributed by atoms with E-state index in [1.807, 2.05) is 18.2 Å². The molecular weight excluding hydrogens is 284 g/mol. The van der Waals surface area contributed by atoms with Gasteiger partial charge in [0.05, 0.1) is 16.9 Å². The van der Waals surface area contributed by atoms with Crippen molar-refractivity contribution in [3.05, 3.63) is 47.3 Å². The van der Waals surface area contributed by atoms with Gasteiger partial charge in [0.25, 0.3) is 0 Å². The van der Waals surface area contributed by atoms with E-state index >= 15 is 0 Å². The molecule has 0 saturated heterocycles. The number of benzene rings is 1. The van der Waals surface area contributed by atoms with Crippen molar-refractivity contribution in [2.24, 2.45) is 0 Å². The lowest BCUT2D eigenvalue weighted by Gasteiger charge is -2.13. The van der Waals surface area contributed by atoms with E-state index in [0.717, 1.165) is 11.1 Å². The maximum atomic E-state index is 12.4. The molecule has 2 rings (SSSR count). The van der Waals surface area contributed by atoms with Gasteiger partial charge in [-0.15, -0.1) is 0 Å². The van der Waals surface area contributed by atoms with Crippen LogP contribution < -0.4 is 0 Å². The monoisotopic (exact) mass is 302 g/mol. The van der Waals surface area contributed by atoms with Crippen molar-refractivity contribution in [1.29, 1.82) is 5.26 Å². The average molecular weight is 302 g/mol. The van der Waals surface area contributed by atoms with Crippen molar-refractivity contribution in [3.63, 3.8) is 0 Å². The minimum absolute atomic E-state index is 0.476. The van der Waals surface area contributed by atoms with Crippen LogP contribution in [0, 0.1) is 25.2 Å². The van der Waals surface area contributed by atoms with Crippen LogP contribution in [0.15, 0.2) is 30.3 Å². The molecule has 0 radical (unpaired) electrons. The normalized spacial score (nSPS) is 11.6. The second-order valence-electron chi connectivity index (χ2n) is 5.33. The molecule has 0 aliphatic rings. The van der Waals surface area contributed by atoms with Crippen LogP contribution in [0.25, 0.3) is 11.1 Å². The smallest absolute Gasteiger partial charge is 0.241 e. The number of rotatable bonds is 3. The molecule has 5 heteroatoms. The van der Waals surface area contributed by atoms with Crippen LogP contribution in [0.4, 0.5) is 0 Å². The second kappa shape index (κ2) is 5.38. The Kier molecular flexibility index (Phi) is 3.93. The molecule has 0 amide bonds. The summed E-state index contributed by atoms with van der Waals surface area (Å²) in [6, 6.07) is 11.1. The van der Waals surface area contributed by atoms with Crippen molar-refractivity contribution in [2.45, 2.75) is 32.9 Å². The first-order valence-corrected chi connectivity index (χ1v) is 8.23. The highest BCUT2D eigenvalue weighted by atomic mass is 32.2. The molecule has 1 aromatic heterocycles. The zero-order chi connectivity index (χ0) is 15.8. The third-order valence-corrected chi connectivity index (χ3v) is 5.81. The maximum Gasteiger partial charge on any atom is 0.241 e. The van der Waals surface area contributed by atoms with Gasteiger partial charge in [0.15, 0.2) is 0 Å². The maximum absolute atomic E-state index is 12.4. The van der Waals surface area contributed by atoms with E-state index in [9.17, 15) is 8.42 Å². The third kappa shape index (κ3) is 2.59. The predicted molar refractivity (Wildman–Crippen MR) is 83.5 cm³/mol. The first-order valence-electron chi connectivity index (χ1n) is 6.73. The van der Waals surface area contributed by atoms with Crippen LogP contribution in [0.3, 0.4) is 0 Å². The predicted octanol–water partition coefficient (Wildman–Crippen LogP) is 3.23. The first kappa shape index (κ1) is 15.3. The summed E-state index contributed by atoms with van der Waals surface area (Å²) >= 11 is 0. The Bertz CT molecular complexity index is 807. The van der Waals surface area contributed by atoms with E-state index < -0.39 is 15.3 Å². The van der Waals surface area contributed by atoms with Gasteiger partial charge in [0.1, 0.15) is 0 Å². The van der Waals surface area contributed by atoms with Crippen molar-refractivity contribution in [2.75, 3.05) is 0 Å². The highest BCUT2D eigenvalue weighted by molar-refractivity contribution is 7.90. The lowest BCUT2D eigenvalue weighted by molar-refractivity contribution is 0.576. The van der Waals surface area contributed by atoms with E-state index in [4.69, 9.17) is 5.26 Å². The number of hydrogen-bond acceptors (Lipinski definition) is 3. The summed E-state index contributed by atoms with van der Waals surface area (Å²) in [6.45, 7) is 6.95. The highest BCUT2D eigenvalue weighted by Gasteiger charge is 2.24. The zero-order valence-electron chi connectivity index (χ0n) is 12.6. The van der Waals surface area contributed by atoms with E-state index in [1.165, 1.54) is 3.97 Å². The fourth-order valence-electron chi connectivity index (χ4n) is 2.36. The molecule has 21 heavy (non-hydrogen) atoms. The fraction of sp³-hybridized carbons (Fsp3) is 0.312. The Morgan fingerprint density at radius 2 is 1.71 bits per heavy atom. The Labute approximate surface area is 125 Å². The molecule has 1 aromatic carbocycles. The highest BCUT2D eigenvalue weighted by Crippen LogP contribution is 2.29. The van der Waals surface area contributed by atoms with E-state index in [1.54, 1.807) is 39.8 Å². The number of aryl methyl sites for hydroxylation is 1. The van der Waals surface area contributed by atoms with E-state index in [0.29, 0.717) is 17.0 Å². The SMILES string of the molecule is Cc1cc(-c2ccc(C#N)cc2)c(C)n1S(=O)(=O)C(C)C. The zero-order valence-corrected chi connectivity index (χ0v) is 13.4. The molecule has 0 unspecified atom stereocenters. The molecule has 0 fully saturated rings. The van der Waals surface area contributed by atoms with Gasteiger partial charge in [0, 0.05) is 17.0 Å². The molecular formula is C16H18N2O2S. The summed E-state index contributed by atoms with van der Waals surface area (Å²) in [4.78, 5) is 0. The van der Waals surface area contributed by atoms with Gasteiger partial charge in [-0.05, 0) is 51.5 Å². The lowest BCUT2D eigenvalue weighted by atomic mass is 10.0. The molecule has 0 aliphatic heterocycles. The largest absolute Gasteiger partial charge is 0.246 e. The molecule has 0 atom stereocenters. The molecule has 0 N–H and O–H groups in total. The molecule has 4 nitrogen and oxygen atoms in total. The van der Waals surface area contributed by atoms with Crippen LogP contribution in [0.2, 0.25) is 0 Å². The van der Waals surface area contributed by atoms with E-state index in [-0.39, 0.29) is 0 Å². The van der Waals surface area contributed by atoms with Crippen LogP contribution in [-0.2, 0) is 10.0 Å². The second-order valence-corrected chi connectivity index (χ2v) is 7.67. The number of aromatic nitrogens is 1. The van der Waals surface area contributed by atoms with Gasteiger partial charge in [-0.1, -0.05) is 12.1 Å². The average Bonchev–Trinajstić information content (AvgIpc) is 2.74. The van der Waals surface area contributed by atoms with Crippen molar-refractivity contribution in [1.82, 2.24) is 3.97 Å². The summed E-state index contributed by atoms with van der Waals surface area (Å²) in [6.07, 6.45) is 0. The van der Waals surface area contributed by atoms with Gasteiger partial charge in [-0.25, -0.2) is 12.4 Å². The fourth-order valence-corrected chi connectivity index (χ4v) is 3.72. The Morgan fingerprint density at radius 3 is 2.19 bits per heavy atom. The van der Waals surface area contributed by atoms with Gasteiger partial charge < -0.3 is 0 Å². The Morgan fingerprint density at radius 1 is 1.14 bits per heavy atom. The number of nitriles is 1. The van der Waals surface area contributed by atoms with Crippen LogP contribution in [-0.4, -0.2) is 17.6 Å². The number of hydrogen-bond donors (Lipinski definition) is 0. The summed E-state index contributed by atoms with van der Waals surface area (Å²) in [7, 11) is -3.37. The summed E-state index contributed by atoms with van der Waals surface area (Å²) in [5.41, 5.74) is 3.77. The van der Waals surface area contributed by atoms with Gasteiger partial charge in [0.2, 0.25) is 10.0 Å². The Balaban J connectivity index is 2.61. The summed E-state index contributed by atoms with van der Waals surface area (Å²) in [5, 5.41) is 8.36. The van der Waals surface area contributed by atoms with Crippen molar-refractivity contribution in [3.8, 4) is 17.2 Å². The van der Waals surface area contributed by atoms with Crippen molar-refractivity contribution < 1.29 is 8.42 Å². The minimum Gasteiger partial charge on any atom is -0.246 e. The summed E-state index contributed by atoms with van der Waals surface area (Å²) in [5.74, 6) is 0. The van der Waals surface area contributed by atoms with Crippen LogP contribution >= 0.6 is 0 Å². The van der Waals surface area contributed by atoms with Gasteiger partial charge >= 0.3 is 0 Å². The third-order valence-electron chi connectivity index (χ3n) is 3.54. The van der Waals surface area contributed by atoms with E-state index in [2.05, 4.69) is 6.07 Å². The quantitative estimate of drug-likeness (QED) is 0.874. The standard InChI is InChI=1S/C16H18N2O2S/c1-11(2)21(19,20)18-12(3)9-16(13(18)4)15-7-5-14(10-17)6-8-15/h5-9,11H,1-4H3.